The molecule has 0 N–H and O–H groups in total. The number of likely N-dealkylation sites (tertiary alicyclic amines) is 1. The minimum atomic E-state index is -0.495. The van der Waals surface area contributed by atoms with Gasteiger partial charge in [0.25, 0.3) is 0 Å². The quantitative estimate of drug-likeness (QED) is 0.609. The van der Waals surface area contributed by atoms with Gasteiger partial charge < -0.3 is 0 Å². The van der Waals surface area contributed by atoms with Crippen LogP contribution in [0.4, 0.5) is 0 Å². The van der Waals surface area contributed by atoms with E-state index < -0.39 is 5.41 Å². The van der Waals surface area contributed by atoms with Gasteiger partial charge in [-0.1, -0.05) is 42.5 Å². The van der Waals surface area contributed by atoms with Gasteiger partial charge in [0.2, 0.25) is 11.8 Å². The molecule has 3 nitrogen and oxygen atoms in total. The summed E-state index contributed by atoms with van der Waals surface area (Å²) in [5.41, 5.74) is 0.517. The summed E-state index contributed by atoms with van der Waals surface area (Å²) in [5, 5.41) is 0. The van der Waals surface area contributed by atoms with Crippen LogP contribution < -0.4 is 0 Å². The van der Waals surface area contributed by atoms with E-state index in [0.717, 1.165) is 12.0 Å². The van der Waals surface area contributed by atoms with Gasteiger partial charge >= 0.3 is 0 Å². The number of benzene rings is 1. The third kappa shape index (κ3) is 1.30. The lowest BCUT2D eigenvalue weighted by Gasteiger charge is -2.28. The molecule has 2 fully saturated rings. The van der Waals surface area contributed by atoms with Crippen LogP contribution in [-0.4, -0.2) is 16.7 Å². The van der Waals surface area contributed by atoms with Gasteiger partial charge in [-0.25, -0.2) is 0 Å². The molecule has 4 rings (SSSR count). The molecule has 0 radical (unpaired) electrons. The Morgan fingerprint density at radius 2 is 1.95 bits per heavy atom. The van der Waals surface area contributed by atoms with E-state index in [9.17, 15) is 9.59 Å². The lowest BCUT2D eigenvalue weighted by Crippen LogP contribution is -2.37. The van der Waals surface area contributed by atoms with Gasteiger partial charge in [0.05, 0.1) is 17.9 Å². The molecule has 1 aliphatic heterocycles. The number of hydrogen-bond acceptors (Lipinski definition) is 2. The molecule has 20 heavy (non-hydrogen) atoms. The third-order valence-electron chi connectivity index (χ3n) is 5.38. The van der Waals surface area contributed by atoms with Crippen molar-refractivity contribution in [3.8, 4) is 0 Å². The van der Waals surface area contributed by atoms with Gasteiger partial charge in [0.1, 0.15) is 0 Å². The maximum absolute atomic E-state index is 12.8. The fraction of sp³-hybridized carbons (Fsp3) is 0.412. The second kappa shape index (κ2) is 3.81. The molecule has 0 unspecified atom stereocenters. The molecule has 102 valence electrons. The van der Waals surface area contributed by atoms with Gasteiger partial charge in [-0.15, -0.1) is 0 Å². The average molecular weight is 267 g/mol. The highest BCUT2D eigenvalue weighted by atomic mass is 16.2. The van der Waals surface area contributed by atoms with E-state index in [1.165, 1.54) is 4.90 Å². The third-order valence-corrected chi connectivity index (χ3v) is 5.38. The highest BCUT2D eigenvalue weighted by Crippen LogP contribution is 2.60. The van der Waals surface area contributed by atoms with Gasteiger partial charge in [0, 0.05) is 0 Å². The largest absolute Gasteiger partial charge is 0.277 e. The van der Waals surface area contributed by atoms with E-state index in [1.807, 2.05) is 37.3 Å². The summed E-state index contributed by atoms with van der Waals surface area (Å²) in [6.07, 6.45) is 5.24. The van der Waals surface area contributed by atoms with Crippen molar-refractivity contribution < 1.29 is 9.59 Å². The maximum atomic E-state index is 12.8. The number of imide groups is 1. The molecule has 3 heteroatoms. The number of nitrogens with zero attached hydrogens (tertiary/aromatic N) is 1. The first-order chi connectivity index (χ1) is 9.62. The fourth-order valence-electron chi connectivity index (χ4n) is 4.30. The number of carbonyl (C=O) groups is 2. The van der Waals surface area contributed by atoms with Crippen LogP contribution in [0.3, 0.4) is 0 Å². The van der Waals surface area contributed by atoms with E-state index in [4.69, 9.17) is 0 Å². The Hall–Kier alpha value is -1.90. The second-order valence-electron chi connectivity index (χ2n) is 6.37. The molecule has 2 bridgehead atoms. The Morgan fingerprint density at radius 1 is 1.20 bits per heavy atom. The number of carbonyl (C=O) groups excluding carboxylic acids is 2. The van der Waals surface area contributed by atoms with Crippen molar-refractivity contribution in [2.75, 3.05) is 0 Å². The van der Waals surface area contributed by atoms with E-state index in [0.29, 0.717) is 6.54 Å². The lowest BCUT2D eigenvalue weighted by molar-refractivity contribution is -0.142. The smallest absolute Gasteiger partial charge is 0.236 e. The fourth-order valence-corrected chi connectivity index (χ4v) is 4.30. The number of allylic oxidation sites excluding steroid dienone is 2. The molecule has 4 atom stereocenters. The van der Waals surface area contributed by atoms with Gasteiger partial charge in [-0.3, -0.25) is 14.5 Å². The Bertz CT molecular complexity index is 621. The van der Waals surface area contributed by atoms with Crippen molar-refractivity contribution in [3.63, 3.8) is 0 Å². The van der Waals surface area contributed by atoms with Crippen LogP contribution in [0.5, 0.6) is 0 Å². The van der Waals surface area contributed by atoms with E-state index in [1.54, 1.807) is 0 Å². The van der Waals surface area contributed by atoms with Gasteiger partial charge in [0.15, 0.2) is 0 Å². The van der Waals surface area contributed by atoms with Crippen LogP contribution in [0.15, 0.2) is 42.5 Å². The van der Waals surface area contributed by atoms with Crippen molar-refractivity contribution in [3.05, 3.63) is 48.0 Å². The predicted octanol–water partition coefficient (Wildman–Crippen LogP) is 2.38. The molecule has 0 aromatic heterocycles. The Kier molecular flexibility index (Phi) is 2.27. The zero-order valence-electron chi connectivity index (χ0n) is 11.5. The van der Waals surface area contributed by atoms with Crippen molar-refractivity contribution in [1.82, 2.24) is 4.90 Å². The Morgan fingerprint density at radius 3 is 2.65 bits per heavy atom. The first kappa shape index (κ1) is 11.9. The lowest BCUT2D eigenvalue weighted by atomic mass is 9.71. The van der Waals surface area contributed by atoms with E-state index >= 15 is 0 Å². The molecule has 1 aromatic carbocycles. The number of amides is 2. The predicted molar refractivity (Wildman–Crippen MR) is 74.3 cm³/mol. The summed E-state index contributed by atoms with van der Waals surface area (Å²) in [7, 11) is 0. The van der Waals surface area contributed by atoms with Crippen LogP contribution in [0.2, 0.25) is 0 Å². The normalized spacial score (nSPS) is 37.9. The highest BCUT2D eigenvalue weighted by Gasteiger charge is 2.66. The molecule has 1 aromatic rings. The van der Waals surface area contributed by atoms with Crippen molar-refractivity contribution >= 4 is 11.8 Å². The summed E-state index contributed by atoms with van der Waals surface area (Å²) in [6, 6.07) is 9.74. The average Bonchev–Trinajstić information content (AvgIpc) is 3.08. The molecular weight excluding hydrogens is 250 g/mol. The monoisotopic (exact) mass is 267 g/mol. The van der Waals surface area contributed by atoms with Crippen LogP contribution >= 0.6 is 0 Å². The minimum Gasteiger partial charge on any atom is -0.277 e. The van der Waals surface area contributed by atoms with Gasteiger partial charge in [-0.2, -0.15) is 0 Å². The SMILES string of the molecule is C[C@@]12C(=O)N(Cc3ccccc3)C(=O)[C@H]1[C@@H]1C=C[C@@H]2C1. The highest BCUT2D eigenvalue weighted by molar-refractivity contribution is 6.08. The van der Waals surface area contributed by atoms with Crippen LogP contribution in [0, 0.1) is 23.2 Å². The topological polar surface area (TPSA) is 37.4 Å². The van der Waals surface area contributed by atoms with E-state index in [-0.39, 0.29) is 29.6 Å². The summed E-state index contributed by atoms with van der Waals surface area (Å²) in [4.78, 5) is 26.9. The Balaban J connectivity index is 1.68. The summed E-state index contributed by atoms with van der Waals surface area (Å²) in [6.45, 7) is 2.39. The molecule has 3 aliphatic rings. The van der Waals surface area contributed by atoms with Crippen molar-refractivity contribution in [2.45, 2.75) is 19.9 Å². The molecule has 1 saturated heterocycles. The summed E-state index contributed by atoms with van der Waals surface area (Å²) >= 11 is 0. The van der Waals surface area contributed by atoms with Crippen LogP contribution in [-0.2, 0) is 16.1 Å². The molecule has 1 heterocycles. The maximum Gasteiger partial charge on any atom is 0.236 e. The summed E-state index contributed by atoms with van der Waals surface area (Å²) in [5.74, 6) is 0.428. The van der Waals surface area contributed by atoms with E-state index in [2.05, 4.69) is 12.2 Å². The number of hydrogen-bond donors (Lipinski definition) is 0. The first-order valence-corrected chi connectivity index (χ1v) is 7.20. The molecule has 1 saturated carbocycles. The number of fused-ring (bicyclic) bond motifs is 5. The molecule has 0 spiro atoms. The standard InChI is InChI=1S/C17H17NO2/c1-17-13-8-7-12(9-13)14(17)15(19)18(16(17)20)10-11-5-3-2-4-6-11/h2-8,12-14H,9-10H2,1H3/t12-,13-,14-,17+/m1/s1. The van der Waals surface area contributed by atoms with Gasteiger partial charge in [-0.05, 0) is 30.7 Å². The van der Waals surface area contributed by atoms with Crippen LogP contribution in [0.25, 0.3) is 0 Å². The second-order valence-corrected chi connectivity index (χ2v) is 6.37. The Labute approximate surface area is 118 Å². The zero-order valence-corrected chi connectivity index (χ0v) is 11.5. The summed E-state index contributed by atoms with van der Waals surface area (Å²) < 4.78 is 0. The van der Waals surface area contributed by atoms with Crippen molar-refractivity contribution in [2.24, 2.45) is 23.2 Å². The zero-order chi connectivity index (χ0) is 13.9. The first-order valence-electron chi connectivity index (χ1n) is 7.20. The molecular formula is C17H17NO2. The number of rotatable bonds is 2. The molecule has 2 amide bonds. The van der Waals surface area contributed by atoms with Crippen LogP contribution in [0.1, 0.15) is 18.9 Å². The molecule has 2 aliphatic carbocycles. The minimum absolute atomic E-state index is 0.0215. The van der Waals surface area contributed by atoms with Crippen molar-refractivity contribution in [1.29, 1.82) is 0 Å².